The maximum Gasteiger partial charge on any atom is 0.124 e. The average molecular weight is 340 g/mol. The van der Waals surface area contributed by atoms with Crippen LogP contribution in [0, 0.1) is 5.82 Å². The van der Waals surface area contributed by atoms with Crippen molar-refractivity contribution in [2.45, 2.75) is 13.0 Å². The van der Waals surface area contributed by atoms with E-state index < -0.39 is 0 Å². The molecule has 2 aromatic rings. The number of aliphatic hydroxyl groups excluding tert-OH is 1. The quantitative estimate of drug-likeness (QED) is 0.804. The number of nitrogens with zero attached hydrogens (tertiary/aromatic N) is 2. The van der Waals surface area contributed by atoms with E-state index in [0.717, 1.165) is 53.9 Å². The molecule has 2 heterocycles. The highest BCUT2D eigenvalue weighted by molar-refractivity contribution is 5.89. The Labute approximate surface area is 145 Å². The van der Waals surface area contributed by atoms with Gasteiger partial charge >= 0.3 is 0 Å². The molecule has 0 saturated carbocycles. The highest BCUT2D eigenvalue weighted by Gasteiger charge is 2.16. The topological polar surface area (TPSA) is 64.2 Å². The molecule has 3 N–H and O–H groups in total. The molecule has 1 aromatic heterocycles. The van der Waals surface area contributed by atoms with Gasteiger partial charge in [-0.05, 0) is 35.4 Å². The highest BCUT2D eigenvalue weighted by atomic mass is 19.1. The van der Waals surface area contributed by atoms with E-state index >= 15 is 0 Å². The van der Waals surface area contributed by atoms with E-state index in [4.69, 9.17) is 0 Å². The first-order valence-corrected chi connectivity index (χ1v) is 8.55. The van der Waals surface area contributed by atoms with Crippen LogP contribution in [0.3, 0.4) is 0 Å². The van der Waals surface area contributed by atoms with Gasteiger partial charge in [-0.3, -0.25) is 10.00 Å². The van der Waals surface area contributed by atoms with Crippen molar-refractivity contribution in [3.8, 4) is 0 Å². The Morgan fingerprint density at radius 2 is 2.12 bits per heavy atom. The van der Waals surface area contributed by atoms with Crippen molar-refractivity contribution in [3.05, 3.63) is 58.8 Å². The smallest absolute Gasteiger partial charge is 0.124 e. The van der Waals surface area contributed by atoms with E-state index in [2.05, 4.69) is 20.4 Å². The Morgan fingerprint density at radius 1 is 1.28 bits per heavy atom. The molecule has 2 aliphatic rings. The van der Waals surface area contributed by atoms with Gasteiger partial charge in [0.05, 0.1) is 17.0 Å². The third kappa shape index (κ3) is 3.50. The molecule has 6 heteroatoms. The molecule has 1 aliphatic heterocycles. The van der Waals surface area contributed by atoms with Gasteiger partial charge in [0.1, 0.15) is 5.82 Å². The summed E-state index contributed by atoms with van der Waals surface area (Å²) in [6.45, 7) is 4.52. The first-order valence-electron chi connectivity index (χ1n) is 8.55. The zero-order chi connectivity index (χ0) is 17.2. The lowest BCUT2D eigenvalue weighted by Crippen LogP contribution is -2.42. The summed E-state index contributed by atoms with van der Waals surface area (Å²) >= 11 is 0. The van der Waals surface area contributed by atoms with E-state index in [9.17, 15) is 9.50 Å². The van der Waals surface area contributed by atoms with Crippen molar-refractivity contribution < 1.29 is 9.50 Å². The molecule has 1 saturated heterocycles. The van der Waals surface area contributed by atoms with Crippen LogP contribution in [0.4, 0.5) is 4.39 Å². The van der Waals surface area contributed by atoms with Gasteiger partial charge in [-0.1, -0.05) is 12.2 Å². The lowest BCUT2D eigenvalue weighted by atomic mass is 10.0. The largest absolute Gasteiger partial charge is 0.512 e. The Hall–Kier alpha value is -2.44. The summed E-state index contributed by atoms with van der Waals surface area (Å²) in [6, 6.07) is 3.10. The van der Waals surface area contributed by atoms with Crippen LogP contribution in [0.25, 0.3) is 17.0 Å². The van der Waals surface area contributed by atoms with E-state index in [0.29, 0.717) is 18.7 Å². The number of benzene rings is 1. The fourth-order valence-corrected chi connectivity index (χ4v) is 3.40. The van der Waals surface area contributed by atoms with E-state index in [1.165, 1.54) is 6.07 Å². The van der Waals surface area contributed by atoms with Gasteiger partial charge < -0.3 is 10.4 Å². The summed E-state index contributed by atoms with van der Waals surface area (Å²) in [5.74, 6) is 0.0729. The summed E-state index contributed by atoms with van der Waals surface area (Å²) in [7, 11) is 0. The first kappa shape index (κ1) is 16.1. The number of rotatable bonds is 3. The zero-order valence-corrected chi connectivity index (χ0v) is 13.9. The number of hydrogen-bond donors (Lipinski definition) is 3. The maximum atomic E-state index is 14.2. The van der Waals surface area contributed by atoms with Gasteiger partial charge in [0, 0.05) is 44.5 Å². The molecule has 130 valence electrons. The summed E-state index contributed by atoms with van der Waals surface area (Å²) in [5, 5.41) is 21.2. The van der Waals surface area contributed by atoms with Crippen molar-refractivity contribution in [2.24, 2.45) is 0 Å². The van der Waals surface area contributed by atoms with Crippen molar-refractivity contribution >= 4 is 17.0 Å². The SMILES string of the molecule is OC1=CC=C/C(=C\c2[nH]nc3c(CN4CCNCC4)cc(F)cc23)C1. The number of allylic oxidation sites excluding steroid dienone is 4. The minimum atomic E-state index is -0.249. The van der Waals surface area contributed by atoms with Crippen LogP contribution in [0.5, 0.6) is 0 Å². The second-order valence-electron chi connectivity index (χ2n) is 6.54. The van der Waals surface area contributed by atoms with Gasteiger partial charge in [0.25, 0.3) is 0 Å². The molecular weight excluding hydrogens is 319 g/mol. The van der Waals surface area contributed by atoms with E-state index in [1.54, 1.807) is 18.2 Å². The number of halogens is 1. The number of aliphatic hydroxyl groups is 1. The number of fused-ring (bicyclic) bond motifs is 1. The summed E-state index contributed by atoms with van der Waals surface area (Å²) < 4.78 is 14.2. The van der Waals surface area contributed by atoms with Crippen molar-refractivity contribution in [3.63, 3.8) is 0 Å². The molecule has 0 spiro atoms. The molecule has 0 amide bonds. The zero-order valence-electron chi connectivity index (χ0n) is 13.9. The second kappa shape index (κ2) is 6.82. The van der Waals surface area contributed by atoms with Crippen LogP contribution in [0.1, 0.15) is 17.7 Å². The Bertz CT molecular complexity index is 875. The molecule has 25 heavy (non-hydrogen) atoms. The van der Waals surface area contributed by atoms with Gasteiger partial charge in [0.2, 0.25) is 0 Å². The summed E-state index contributed by atoms with van der Waals surface area (Å²) in [4.78, 5) is 2.31. The second-order valence-corrected chi connectivity index (χ2v) is 6.54. The van der Waals surface area contributed by atoms with Crippen LogP contribution >= 0.6 is 0 Å². The van der Waals surface area contributed by atoms with Crippen LogP contribution in [-0.2, 0) is 6.54 Å². The molecule has 0 bridgehead atoms. The molecule has 1 aliphatic carbocycles. The standard InChI is InChI=1S/C19H21FN4O/c20-15-10-14(12-24-6-4-21-5-7-24)19-17(11-15)18(22-23-19)9-13-2-1-3-16(25)8-13/h1-3,9-11,21,25H,4-8,12H2,(H,22,23)/b13-9+. The van der Waals surface area contributed by atoms with Gasteiger partial charge in [-0.25, -0.2) is 4.39 Å². The molecule has 1 aromatic carbocycles. The predicted octanol–water partition coefficient (Wildman–Crippen LogP) is 2.89. The number of aromatic nitrogens is 2. The molecule has 0 unspecified atom stereocenters. The molecule has 1 fully saturated rings. The third-order valence-electron chi connectivity index (χ3n) is 4.65. The highest BCUT2D eigenvalue weighted by Crippen LogP contribution is 2.26. The fourth-order valence-electron chi connectivity index (χ4n) is 3.40. The Morgan fingerprint density at radius 3 is 2.92 bits per heavy atom. The first-order chi connectivity index (χ1) is 12.2. The monoisotopic (exact) mass is 340 g/mol. The van der Waals surface area contributed by atoms with Crippen molar-refractivity contribution in [2.75, 3.05) is 26.2 Å². The van der Waals surface area contributed by atoms with Crippen molar-refractivity contribution in [1.82, 2.24) is 20.4 Å². The maximum absolute atomic E-state index is 14.2. The predicted molar refractivity (Wildman–Crippen MR) is 96.6 cm³/mol. The molecule has 5 nitrogen and oxygen atoms in total. The minimum Gasteiger partial charge on any atom is -0.512 e. The Balaban J connectivity index is 1.67. The Kier molecular flexibility index (Phi) is 4.38. The number of hydrogen-bond acceptors (Lipinski definition) is 4. The number of H-pyrrole nitrogens is 1. The fraction of sp³-hybridized carbons (Fsp3) is 0.316. The molecule has 4 rings (SSSR count). The molecule has 0 radical (unpaired) electrons. The van der Waals surface area contributed by atoms with Gasteiger partial charge in [0.15, 0.2) is 0 Å². The number of aromatic amines is 1. The van der Waals surface area contributed by atoms with Crippen molar-refractivity contribution in [1.29, 1.82) is 0 Å². The summed E-state index contributed by atoms with van der Waals surface area (Å²) in [5.41, 5.74) is 3.44. The average Bonchev–Trinajstić information content (AvgIpc) is 2.99. The lowest BCUT2D eigenvalue weighted by Gasteiger charge is -2.27. The van der Waals surface area contributed by atoms with Crippen LogP contribution in [-0.4, -0.2) is 46.4 Å². The van der Waals surface area contributed by atoms with Crippen LogP contribution in [0.2, 0.25) is 0 Å². The molecular formula is C19H21FN4O. The lowest BCUT2D eigenvalue weighted by molar-refractivity contribution is 0.233. The van der Waals surface area contributed by atoms with E-state index in [-0.39, 0.29) is 5.82 Å². The minimum absolute atomic E-state index is 0.249. The van der Waals surface area contributed by atoms with E-state index in [1.807, 2.05) is 12.2 Å². The van der Waals surface area contributed by atoms with Crippen LogP contribution in [0.15, 0.2) is 41.7 Å². The number of nitrogens with one attached hydrogen (secondary N) is 2. The summed E-state index contributed by atoms with van der Waals surface area (Å²) in [6.07, 6.45) is 7.81. The third-order valence-corrected chi connectivity index (χ3v) is 4.65. The normalized spacial score (nSPS) is 20.4. The van der Waals surface area contributed by atoms with Crippen LogP contribution < -0.4 is 5.32 Å². The number of piperazine rings is 1. The van der Waals surface area contributed by atoms with Gasteiger partial charge in [-0.15, -0.1) is 0 Å². The van der Waals surface area contributed by atoms with Gasteiger partial charge in [-0.2, -0.15) is 5.10 Å². The molecule has 0 atom stereocenters.